The van der Waals surface area contributed by atoms with Crippen molar-refractivity contribution >= 4 is 11.8 Å². The van der Waals surface area contributed by atoms with Crippen LogP contribution in [-0.4, -0.2) is 22.8 Å². The number of thioether (sulfide) groups is 1. The van der Waals surface area contributed by atoms with Gasteiger partial charge < -0.3 is 9.84 Å². The second kappa shape index (κ2) is 4.34. The van der Waals surface area contributed by atoms with Crippen LogP contribution in [0.25, 0.3) is 0 Å². The van der Waals surface area contributed by atoms with E-state index < -0.39 is 6.29 Å². The van der Waals surface area contributed by atoms with Crippen molar-refractivity contribution in [3.63, 3.8) is 0 Å². The van der Waals surface area contributed by atoms with Crippen molar-refractivity contribution in [1.29, 1.82) is 0 Å². The van der Waals surface area contributed by atoms with E-state index in [4.69, 9.17) is 9.84 Å². The van der Waals surface area contributed by atoms with Gasteiger partial charge in [-0.3, -0.25) is 0 Å². The molecule has 0 spiro atoms. The van der Waals surface area contributed by atoms with Crippen molar-refractivity contribution < 1.29 is 9.84 Å². The third kappa shape index (κ3) is 2.74. The van der Waals surface area contributed by atoms with Crippen molar-refractivity contribution in [3.05, 3.63) is 30.3 Å². The molecule has 76 valence electrons. The van der Waals surface area contributed by atoms with Crippen molar-refractivity contribution in [1.82, 2.24) is 0 Å². The second-order valence-corrected chi connectivity index (χ2v) is 4.79. The van der Waals surface area contributed by atoms with Crippen LogP contribution in [0.5, 0.6) is 0 Å². The Labute approximate surface area is 88.3 Å². The minimum absolute atomic E-state index is 0.236. The SMILES string of the molecule is CC(O)OC1CC1Sc1ccccc1. The molecule has 1 N–H and O–H groups in total. The van der Waals surface area contributed by atoms with E-state index in [1.165, 1.54) is 4.90 Å². The minimum Gasteiger partial charge on any atom is -0.368 e. The average molecular weight is 210 g/mol. The molecule has 0 heterocycles. The fourth-order valence-corrected chi connectivity index (χ4v) is 2.51. The summed E-state index contributed by atoms with van der Waals surface area (Å²) in [5.41, 5.74) is 0. The summed E-state index contributed by atoms with van der Waals surface area (Å²) in [7, 11) is 0. The molecule has 1 aromatic carbocycles. The predicted octanol–water partition coefficient (Wildman–Crippen LogP) is 2.27. The molecule has 3 unspecified atom stereocenters. The van der Waals surface area contributed by atoms with Gasteiger partial charge in [-0.25, -0.2) is 0 Å². The van der Waals surface area contributed by atoms with Gasteiger partial charge in [0.15, 0.2) is 6.29 Å². The van der Waals surface area contributed by atoms with E-state index in [-0.39, 0.29) is 6.10 Å². The summed E-state index contributed by atoms with van der Waals surface area (Å²) in [6.45, 7) is 1.66. The van der Waals surface area contributed by atoms with Crippen LogP contribution in [0.3, 0.4) is 0 Å². The Morgan fingerprint density at radius 1 is 1.43 bits per heavy atom. The van der Waals surface area contributed by atoms with Gasteiger partial charge in [0, 0.05) is 10.1 Å². The normalized spacial score (nSPS) is 27.3. The van der Waals surface area contributed by atoms with E-state index in [1.54, 1.807) is 6.92 Å². The van der Waals surface area contributed by atoms with Gasteiger partial charge in [-0.2, -0.15) is 0 Å². The van der Waals surface area contributed by atoms with Crippen molar-refractivity contribution in [3.8, 4) is 0 Å². The lowest BCUT2D eigenvalue weighted by Crippen LogP contribution is -2.09. The Bertz CT molecular complexity index is 287. The van der Waals surface area contributed by atoms with Gasteiger partial charge >= 0.3 is 0 Å². The molecule has 1 aliphatic rings. The highest BCUT2D eigenvalue weighted by Gasteiger charge is 2.39. The molecule has 1 aromatic rings. The molecule has 0 aromatic heterocycles. The first kappa shape index (κ1) is 10.0. The first-order valence-electron chi connectivity index (χ1n) is 4.81. The summed E-state index contributed by atoms with van der Waals surface area (Å²) >= 11 is 1.82. The number of benzene rings is 1. The lowest BCUT2D eigenvalue weighted by molar-refractivity contribution is -0.0932. The molecule has 14 heavy (non-hydrogen) atoms. The van der Waals surface area contributed by atoms with E-state index in [1.807, 2.05) is 30.0 Å². The predicted molar refractivity (Wildman–Crippen MR) is 57.3 cm³/mol. The van der Waals surface area contributed by atoms with E-state index in [0.29, 0.717) is 5.25 Å². The summed E-state index contributed by atoms with van der Waals surface area (Å²) < 4.78 is 5.28. The van der Waals surface area contributed by atoms with Crippen molar-refractivity contribution in [2.75, 3.05) is 0 Å². The van der Waals surface area contributed by atoms with Crippen molar-refractivity contribution in [2.45, 2.75) is 35.9 Å². The zero-order chi connectivity index (χ0) is 9.97. The van der Waals surface area contributed by atoms with Gasteiger partial charge in [0.05, 0.1) is 6.10 Å². The van der Waals surface area contributed by atoms with E-state index >= 15 is 0 Å². The Morgan fingerprint density at radius 2 is 2.14 bits per heavy atom. The molecule has 0 saturated heterocycles. The molecule has 0 bridgehead atoms. The lowest BCUT2D eigenvalue weighted by Gasteiger charge is -2.05. The zero-order valence-corrected chi connectivity index (χ0v) is 8.91. The number of rotatable bonds is 4. The fraction of sp³-hybridized carbons (Fsp3) is 0.455. The monoisotopic (exact) mass is 210 g/mol. The average Bonchev–Trinajstić information content (AvgIpc) is 2.84. The standard InChI is InChI=1S/C11H14O2S/c1-8(12)13-10-7-11(10)14-9-5-3-2-4-6-9/h2-6,8,10-12H,7H2,1H3. The van der Waals surface area contributed by atoms with Crippen LogP contribution >= 0.6 is 11.8 Å². The number of hydrogen-bond acceptors (Lipinski definition) is 3. The van der Waals surface area contributed by atoms with Gasteiger partial charge in [0.25, 0.3) is 0 Å². The summed E-state index contributed by atoms with van der Waals surface area (Å²) in [5.74, 6) is 0. The number of aliphatic hydroxyl groups is 1. The van der Waals surface area contributed by atoms with Gasteiger partial charge in [-0.15, -0.1) is 11.8 Å². The van der Waals surface area contributed by atoms with E-state index in [2.05, 4.69) is 12.1 Å². The molecular weight excluding hydrogens is 196 g/mol. The van der Waals surface area contributed by atoms with Gasteiger partial charge in [-0.05, 0) is 25.5 Å². The molecule has 2 nitrogen and oxygen atoms in total. The zero-order valence-electron chi connectivity index (χ0n) is 8.09. The van der Waals surface area contributed by atoms with E-state index in [0.717, 1.165) is 6.42 Å². The molecule has 2 rings (SSSR count). The Morgan fingerprint density at radius 3 is 2.79 bits per heavy atom. The molecule has 1 aliphatic carbocycles. The quantitative estimate of drug-likeness (QED) is 0.773. The maximum atomic E-state index is 9.02. The molecule has 1 fully saturated rings. The highest BCUT2D eigenvalue weighted by Crippen LogP contribution is 2.41. The maximum absolute atomic E-state index is 9.02. The fourth-order valence-electron chi connectivity index (χ4n) is 1.34. The number of aliphatic hydroxyl groups excluding tert-OH is 1. The molecule has 0 aliphatic heterocycles. The topological polar surface area (TPSA) is 29.5 Å². The van der Waals surface area contributed by atoms with Crippen LogP contribution in [0.15, 0.2) is 35.2 Å². The Hall–Kier alpha value is -0.510. The minimum atomic E-state index is -0.638. The first-order valence-corrected chi connectivity index (χ1v) is 5.69. The summed E-state index contributed by atoms with van der Waals surface area (Å²) in [5, 5.41) is 9.54. The third-order valence-corrected chi connectivity index (χ3v) is 3.42. The third-order valence-electron chi connectivity index (χ3n) is 2.08. The van der Waals surface area contributed by atoms with Crippen LogP contribution in [0.4, 0.5) is 0 Å². The molecule has 0 radical (unpaired) electrons. The maximum Gasteiger partial charge on any atom is 0.152 e. The largest absolute Gasteiger partial charge is 0.368 e. The van der Waals surface area contributed by atoms with Crippen LogP contribution < -0.4 is 0 Å². The molecule has 0 amide bonds. The smallest absolute Gasteiger partial charge is 0.152 e. The van der Waals surface area contributed by atoms with Crippen molar-refractivity contribution in [2.24, 2.45) is 0 Å². The van der Waals surface area contributed by atoms with Gasteiger partial charge in [0.2, 0.25) is 0 Å². The van der Waals surface area contributed by atoms with Crippen LogP contribution in [-0.2, 0) is 4.74 Å². The first-order chi connectivity index (χ1) is 6.75. The summed E-state index contributed by atoms with van der Waals surface area (Å²) in [4.78, 5) is 1.27. The molecular formula is C11H14O2S. The molecule has 1 saturated carbocycles. The Balaban J connectivity index is 1.79. The summed E-state index contributed by atoms with van der Waals surface area (Å²) in [6.07, 6.45) is 0.645. The van der Waals surface area contributed by atoms with Gasteiger partial charge in [-0.1, -0.05) is 18.2 Å². The number of hydrogen-bond donors (Lipinski definition) is 1. The highest BCUT2D eigenvalue weighted by atomic mass is 32.2. The van der Waals surface area contributed by atoms with Gasteiger partial charge in [0.1, 0.15) is 0 Å². The van der Waals surface area contributed by atoms with Crippen LogP contribution in [0.1, 0.15) is 13.3 Å². The van der Waals surface area contributed by atoms with Crippen LogP contribution in [0.2, 0.25) is 0 Å². The highest BCUT2D eigenvalue weighted by molar-refractivity contribution is 8.00. The second-order valence-electron chi connectivity index (χ2n) is 3.48. The molecule has 3 heteroatoms. The molecule has 3 atom stereocenters. The van der Waals surface area contributed by atoms with Crippen LogP contribution in [0, 0.1) is 0 Å². The lowest BCUT2D eigenvalue weighted by atomic mass is 10.4. The number of ether oxygens (including phenoxy) is 1. The Kier molecular flexibility index (Phi) is 3.11. The van der Waals surface area contributed by atoms with E-state index in [9.17, 15) is 0 Å². The summed E-state index contributed by atoms with van der Waals surface area (Å²) in [6, 6.07) is 10.3.